The minimum Gasteiger partial charge on any atom is -0.271 e. The Bertz CT molecular complexity index is 807. The average Bonchev–Trinajstić information content (AvgIpc) is 3.11. The van der Waals surface area contributed by atoms with E-state index in [0.717, 1.165) is 25.1 Å². The standard InChI is InChI=1S/C14H22N6O2S/c1-4-10-13(12(5-2)19(3)17-10)23(21,22)18-11-7-6-8-20-14(11)15-9-16-20/h9,11,18H,4-8H2,1-3H3/t11-/m1/s1. The molecule has 1 atom stereocenters. The molecule has 0 amide bonds. The van der Waals surface area contributed by atoms with E-state index in [4.69, 9.17) is 0 Å². The molecule has 0 fully saturated rings. The Morgan fingerprint density at radius 3 is 2.83 bits per heavy atom. The van der Waals surface area contributed by atoms with Gasteiger partial charge in [0.05, 0.1) is 17.4 Å². The van der Waals surface area contributed by atoms with Gasteiger partial charge >= 0.3 is 0 Å². The summed E-state index contributed by atoms with van der Waals surface area (Å²) in [6.07, 6.45) is 4.26. The molecule has 0 saturated heterocycles. The molecule has 2 aromatic heterocycles. The van der Waals surface area contributed by atoms with E-state index < -0.39 is 10.0 Å². The highest BCUT2D eigenvalue weighted by Gasteiger charge is 2.32. The van der Waals surface area contributed by atoms with Crippen LogP contribution in [0.4, 0.5) is 0 Å². The molecule has 0 aliphatic carbocycles. The smallest absolute Gasteiger partial charge is 0.244 e. The van der Waals surface area contributed by atoms with Gasteiger partial charge in [-0.1, -0.05) is 13.8 Å². The molecule has 0 aromatic carbocycles. The molecule has 2 aromatic rings. The quantitative estimate of drug-likeness (QED) is 0.876. The lowest BCUT2D eigenvalue weighted by atomic mass is 10.1. The number of nitrogens with zero attached hydrogens (tertiary/aromatic N) is 5. The molecular weight excluding hydrogens is 316 g/mol. The first-order valence-electron chi connectivity index (χ1n) is 7.92. The van der Waals surface area contributed by atoms with Gasteiger partial charge in [-0.3, -0.25) is 4.68 Å². The van der Waals surface area contributed by atoms with Crippen LogP contribution in [0.5, 0.6) is 0 Å². The molecule has 1 N–H and O–H groups in total. The van der Waals surface area contributed by atoms with Crippen LogP contribution in [0.25, 0.3) is 0 Å². The molecule has 0 radical (unpaired) electrons. The highest BCUT2D eigenvalue weighted by Crippen LogP contribution is 2.27. The zero-order chi connectivity index (χ0) is 16.6. The molecule has 0 unspecified atom stereocenters. The van der Waals surface area contributed by atoms with Gasteiger partial charge in [0.1, 0.15) is 17.0 Å². The predicted octanol–water partition coefficient (Wildman–Crippen LogP) is 0.950. The normalized spacial score (nSPS) is 18.1. The van der Waals surface area contributed by atoms with Crippen molar-refractivity contribution in [3.8, 4) is 0 Å². The topological polar surface area (TPSA) is 94.7 Å². The third-order valence-electron chi connectivity index (χ3n) is 4.24. The van der Waals surface area contributed by atoms with Gasteiger partial charge in [-0.25, -0.2) is 22.8 Å². The fourth-order valence-corrected chi connectivity index (χ4v) is 4.98. The first-order valence-corrected chi connectivity index (χ1v) is 9.41. The Labute approximate surface area is 136 Å². The first kappa shape index (κ1) is 16.1. The van der Waals surface area contributed by atoms with E-state index in [9.17, 15) is 8.42 Å². The SMILES string of the molecule is CCc1nn(C)c(CC)c1S(=O)(=O)N[C@@H]1CCCn2ncnc21. The van der Waals surface area contributed by atoms with Crippen LogP contribution in [-0.4, -0.2) is 33.0 Å². The van der Waals surface area contributed by atoms with E-state index in [0.29, 0.717) is 29.3 Å². The molecule has 126 valence electrons. The number of hydrogen-bond donors (Lipinski definition) is 1. The van der Waals surface area contributed by atoms with E-state index in [2.05, 4.69) is 19.9 Å². The molecule has 3 heterocycles. The molecule has 8 nitrogen and oxygen atoms in total. The van der Waals surface area contributed by atoms with Crippen molar-refractivity contribution in [1.82, 2.24) is 29.3 Å². The van der Waals surface area contributed by atoms with E-state index >= 15 is 0 Å². The summed E-state index contributed by atoms with van der Waals surface area (Å²) in [6, 6.07) is -0.342. The summed E-state index contributed by atoms with van der Waals surface area (Å²) < 4.78 is 32.2. The lowest BCUT2D eigenvalue weighted by Gasteiger charge is -2.23. The maximum absolute atomic E-state index is 13.0. The third-order valence-corrected chi connectivity index (χ3v) is 5.84. The molecule has 0 saturated carbocycles. The van der Waals surface area contributed by atoms with E-state index in [1.165, 1.54) is 6.33 Å². The van der Waals surface area contributed by atoms with Gasteiger partial charge in [-0.05, 0) is 25.7 Å². The van der Waals surface area contributed by atoms with Crippen LogP contribution in [0, 0.1) is 0 Å². The monoisotopic (exact) mass is 338 g/mol. The lowest BCUT2D eigenvalue weighted by molar-refractivity contribution is 0.399. The van der Waals surface area contributed by atoms with Gasteiger partial charge in [0, 0.05) is 13.6 Å². The maximum atomic E-state index is 13.0. The molecule has 1 aliphatic heterocycles. The Hall–Kier alpha value is -1.74. The van der Waals surface area contributed by atoms with E-state index in [-0.39, 0.29) is 6.04 Å². The Kier molecular flexibility index (Phi) is 4.24. The molecule has 23 heavy (non-hydrogen) atoms. The second-order valence-corrected chi connectivity index (χ2v) is 7.36. The van der Waals surface area contributed by atoms with Crippen LogP contribution in [0.3, 0.4) is 0 Å². The van der Waals surface area contributed by atoms with Crippen molar-refractivity contribution in [3.05, 3.63) is 23.5 Å². The van der Waals surface area contributed by atoms with Gasteiger partial charge in [0.25, 0.3) is 0 Å². The predicted molar refractivity (Wildman–Crippen MR) is 84.3 cm³/mol. The largest absolute Gasteiger partial charge is 0.271 e. The first-order chi connectivity index (χ1) is 11.0. The van der Waals surface area contributed by atoms with Gasteiger partial charge < -0.3 is 0 Å². The van der Waals surface area contributed by atoms with Crippen LogP contribution < -0.4 is 4.72 Å². The van der Waals surface area contributed by atoms with Crippen LogP contribution in [0.15, 0.2) is 11.2 Å². The second-order valence-electron chi connectivity index (χ2n) is 5.71. The zero-order valence-electron chi connectivity index (χ0n) is 13.7. The summed E-state index contributed by atoms with van der Waals surface area (Å²) >= 11 is 0. The summed E-state index contributed by atoms with van der Waals surface area (Å²) in [5.41, 5.74) is 1.33. The molecule has 1 aliphatic rings. The van der Waals surface area contributed by atoms with Crippen LogP contribution in [0.1, 0.15) is 49.9 Å². The van der Waals surface area contributed by atoms with Gasteiger partial charge in [0.15, 0.2) is 0 Å². The van der Waals surface area contributed by atoms with Crippen LogP contribution >= 0.6 is 0 Å². The maximum Gasteiger partial charge on any atom is 0.244 e. The highest BCUT2D eigenvalue weighted by molar-refractivity contribution is 7.89. The fraction of sp³-hybridized carbons (Fsp3) is 0.643. The summed E-state index contributed by atoms with van der Waals surface area (Å²) in [7, 11) is -1.87. The number of nitrogens with one attached hydrogen (secondary N) is 1. The molecule has 0 spiro atoms. The number of hydrogen-bond acceptors (Lipinski definition) is 5. The highest BCUT2D eigenvalue weighted by atomic mass is 32.2. The average molecular weight is 338 g/mol. The molecule has 3 rings (SSSR count). The Morgan fingerprint density at radius 1 is 1.35 bits per heavy atom. The van der Waals surface area contributed by atoms with Crippen molar-refractivity contribution < 1.29 is 8.42 Å². The minimum atomic E-state index is -3.66. The minimum absolute atomic E-state index is 0.321. The summed E-state index contributed by atoms with van der Waals surface area (Å²) in [5, 5.41) is 8.49. The van der Waals surface area contributed by atoms with Gasteiger partial charge in [0.2, 0.25) is 10.0 Å². The number of sulfonamides is 1. The molecule has 0 bridgehead atoms. The summed E-state index contributed by atoms with van der Waals surface area (Å²) in [4.78, 5) is 4.53. The van der Waals surface area contributed by atoms with Crippen molar-refractivity contribution in [2.75, 3.05) is 0 Å². The van der Waals surface area contributed by atoms with Gasteiger partial charge in [-0.2, -0.15) is 10.2 Å². The second kappa shape index (κ2) is 6.04. The Morgan fingerprint density at radius 2 is 2.13 bits per heavy atom. The van der Waals surface area contributed by atoms with Crippen LogP contribution in [0.2, 0.25) is 0 Å². The van der Waals surface area contributed by atoms with Gasteiger partial charge in [-0.15, -0.1) is 0 Å². The number of rotatable bonds is 5. The zero-order valence-corrected chi connectivity index (χ0v) is 14.5. The van der Waals surface area contributed by atoms with Crippen molar-refractivity contribution >= 4 is 10.0 Å². The number of aryl methyl sites for hydroxylation is 3. The van der Waals surface area contributed by atoms with Crippen molar-refractivity contribution in [3.63, 3.8) is 0 Å². The lowest BCUT2D eigenvalue weighted by Crippen LogP contribution is -2.34. The van der Waals surface area contributed by atoms with Crippen LogP contribution in [-0.2, 0) is 36.5 Å². The number of fused-ring (bicyclic) bond motifs is 1. The van der Waals surface area contributed by atoms with Crippen molar-refractivity contribution in [1.29, 1.82) is 0 Å². The Balaban J connectivity index is 1.98. The van der Waals surface area contributed by atoms with E-state index in [1.807, 2.05) is 13.8 Å². The summed E-state index contributed by atoms with van der Waals surface area (Å²) in [5.74, 6) is 0.680. The number of aromatic nitrogens is 5. The fourth-order valence-electron chi connectivity index (χ4n) is 3.18. The molecule has 9 heteroatoms. The van der Waals surface area contributed by atoms with Crippen molar-refractivity contribution in [2.24, 2.45) is 7.05 Å². The molecular formula is C14H22N6O2S. The van der Waals surface area contributed by atoms with Crippen molar-refractivity contribution in [2.45, 2.75) is 57.0 Å². The summed E-state index contributed by atoms with van der Waals surface area (Å²) in [6.45, 7) is 4.63. The van der Waals surface area contributed by atoms with E-state index in [1.54, 1.807) is 16.4 Å². The third kappa shape index (κ3) is 2.78.